The molecule has 0 saturated heterocycles. The van der Waals surface area contributed by atoms with Gasteiger partial charge in [-0.25, -0.2) is 8.42 Å². The number of amides is 1. The lowest BCUT2D eigenvalue weighted by atomic mass is 10.2. The van der Waals surface area contributed by atoms with Gasteiger partial charge in [-0.3, -0.25) is 9.78 Å². The molecule has 0 fully saturated rings. The fourth-order valence-electron chi connectivity index (χ4n) is 3.18. The van der Waals surface area contributed by atoms with E-state index >= 15 is 0 Å². The zero-order valence-electron chi connectivity index (χ0n) is 18.3. The molecule has 0 unspecified atom stereocenters. The average Bonchev–Trinajstić information content (AvgIpc) is 3.26. The number of carbonyl (C=O) groups excluding carboxylic acids is 1. The highest BCUT2D eigenvalue weighted by Gasteiger charge is 2.18. The molecule has 2 aromatic carbocycles. The van der Waals surface area contributed by atoms with Crippen LogP contribution in [0.25, 0.3) is 10.1 Å². The summed E-state index contributed by atoms with van der Waals surface area (Å²) in [7, 11) is -3.68. The number of rotatable bonds is 8. The van der Waals surface area contributed by atoms with Crippen molar-refractivity contribution in [3.63, 3.8) is 0 Å². The van der Waals surface area contributed by atoms with E-state index in [-0.39, 0.29) is 15.7 Å². The lowest BCUT2D eigenvalue weighted by Gasteiger charge is -2.11. The van der Waals surface area contributed by atoms with E-state index in [4.69, 9.17) is 4.74 Å². The number of hydrogen-bond acceptors (Lipinski definition) is 6. The highest BCUT2D eigenvalue weighted by molar-refractivity contribution is 7.91. The van der Waals surface area contributed by atoms with E-state index in [1.807, 2.05) is 26.0 Å². The molecule has 0 spiro atoms. The van der Waals surface area contributed by atoms with Crippen molar-refractivity contribution in [2.24, 2.45) is 5.92 Å². The smallest absolute Gasteiger partial charge is 0.261 e. The van der Waals surface area contributed by atoms with Gasteiger partial charge in [-0.1, -0.05) is 32.0 Å². The monoisotopic (exact) mass is 480 g/mol. The molecular weight excluding hydrogens is 456 g/mol. The molecule has 4 rings (SSSR count). The number of thiophene rings is 1. The number of nitrogens with zero attached hydrogens (tertiary/aromatic N) is 1. The molecule has 6 nitrogen and oxygen atoms in total. The van der Waals surface area contributed by atoms with Crippen molar-refractivity contribution in [2.75, 3.05) is 6.61 Å². The van der Waals surface area contributed by atoms with E-state index in [0.29, 0.717) is 29.7 Å². The van der Waals surface area contributed by atoms with Crippen molar-refractivity contribution < 1.29 is 17.9 Å². The molecule has 2 aromatic heterocycles. The molecule has 4 aromatic rings. The van der Waals surface area contributed by atoms with Crippen LogP contribution >= 0.6 is 11.3 Å². The van der Waals surface area contributed by atoms with Crippen molar-refractivity contribution in [3.05, 3.63) is 83.5 Å². The first-order valence-electron chi connectivity index (χ1n) is 10.5. The summed E-state index contributed by atoms with van der Waals surface area (Å²) < 4.78 is 32.7. The average molecular weight is 481 g/mol. The van der Waals surface area contributed by atoms with Gasteiger partial charge in [0, 0.05) is 18.9 Å². The van der Waals surface area contributed by atoms with E-state index in [9.17, 15) is 13.2 Å². The third-order valence-electron chi connectivity index (χ3n) is 4.93. The molecule has 0 aliphatic rings. The molecule has 0 bridgehead atoms. The third-order valence-corrected chi connectivity index (χ3v) is 7.78. The summed E-state index contributed by atoms with van der Waals surface area (Å²) in [5.74, 6) is 0.696. The Hall–Kier alpha value is -3.23. The van der Waals surface area contributed by atoms with Gasteiger partial charge in [-0.15, -0.1) is 11.3 Å². The summed E-state index contributed by atoms with van der Waals surface area (Å²) in [5.41, 5.74) is 0.805. The van der Waals surface area contributed by atoms with Crippen molar-refractivity contribution in [1.82, 2.24) is 10.3 Å². The number of aromatic nitrogens is 1. The number of benzene rings is 2. The number of carbonyl (C=O) groups is 1. The molecular formula is C25H24N2O4S2. The molecule has 8 heteroatoms. The second-order valence-electron chi connectivity index (χ2n) is 8.03. The van der Waals surface area contributed by atoms with Crippen molar-refractivity contribution >= 4 is 37.2 Å². The molecule has 1 N–H and O–H groups in total. The molecule has 170 valence electrons. The van der Waals surface area contributed by atoms with Crippen LogP contribution < -0.4 is 10.1 Å². The van der Waals surface area contributed by atoms with Gasteiger partial charge in [0.15, 0.2) is 0 Å². The maximum atomic E-state index is 13.0. The topological polar surface area (TPSA) is 85.4 Å². The van der Waals surface area contributed by atoms with Crippen LogP contribution in [0, 0.1) is 5.92 Å². The second-order valence-corrected chi connectivity index (χ2v) is 11.1. The number of hydrogen-bond donors (Lipinski definition) is 1. The number of ether oxygens (including phenoxy) is 1. The Balaban J connectivity index is 1.43. The summed E-state index contributed by atoms with van der Waals surface area (Å²) in [6.07, 6.45) is 3.43. The largest absolute Gasteiger partial charge is 0.493 e. The Morgan fingerprint density at radius 2 is 1.85 bits per heavy atom. The first-order valence-corrected chi connectivity index (χ1v) is 12.8. The summed E-state index contributed by atoms with van der Waals surface area (Å²) >= 11 is 1.39. The van der Waals surface area contributed by atoms with Crippen molar-refractivity contribution in [3.8, 4) is 5.75 Å². The van der Waals surface area contributed by atoms with Gasteiger partial charge < -0.3 is 10.1 Å². The Labute approximate surface area is 197 Å². The Morgan fingerprint density at radius 1 is 1.06 bits per heavy atom. The maximum absolute atomic E-state index is 13.0. The fourth-order valence-corrected chi connectivity index (χ4v) is 5.42. The lowest BCUT2D eigenvalue weighted by Crippen LogP contribution is -2.21. The SMILES string of the molecule is CC(C)COc1cccc(S(=O)(=O)c2ccc(CNC(=O)c3cc4ccncc4s3)cc2)c1. The number of fused-ring (bicyclic) bond motifs is 1. The Kier molecular flexibility index (Phi) is 6.76. The van der Waals surface area contributed by atoms with Gasteiger partial charge in [0.25, 0.3) is 5.91 Å². The van der Waals surface area contributed by atoms with Gasteiger partial charge in [0.2, 0.25) is 9.84 Å². The second kappa shape index (κ2) is 9.72. The van der Waals surface area contributed by atoms with E-state index in [2.05, 4.69) is 10.3 Å². The molecule has 1 amide bonds. The molecule has 0 aliphatic carbocycles. The van der Waals surface area contributed by atoms with E-state index < -0.39 is 9.84 Å². The van der Waals surface area contributed by atoms with Gasteiger partial charge in [0.05, 0.1) is 26.0 Å². The van der Waals surface area contributed by atoms with Crippen molar-refractivity contribution in [1.29, 1.82) is 0 Å². The van der Waals surface area contributed by atoms with Crippen LogP contribution in [-0.2, 0) is 16.4 Å². The Morgan fingerprint density at radius 3 is 2.58 bits per heavy atom. The highest BCUT2D eigenvalue weighted by Crippen LogP contribution is 2.26. The minimum atomic E-state index is -3.68. The first-order chi connectivity index (χ1) is 15.8. The van der Waals surface area contributed by atoms with Crippen LogP contribution in [0.4, 0.5) is 0 Å². The summed E-state index contributed by atoms with van der Waals surface area (Å²) in [6.45, 7) is 4.88. The van der Waals surface area contributed by atoms with Gasteiger partial charge in [0.1, 0.15) is 5.75 Å². The van der Waals surface area contributed by atoms with Crippen LogP contribution in [0.15, 0.2) is 82.8 Å². The molecule has 0 aliphatic heterocycles. The number of pyridine rings is 1. The fraction of sp³-hybridized carbons (Fsp3) is 0.200. The molecule has 2 heterocycles. The number of nitrogens with one attached hydrogen (secondary N) is 1. The highest BCUT2D eigenvalue weighted by atomic mass is 32.2. The zero-order chi connectivity index (χ0) is 23.4. The summed E-state index contributed by atoms with van der Waals surface area (Å²) in [5, 5.41) is 3.86. The molecule has 0 radical (unpaired) electrons. The van der Waals surface area contributed by atoms with Gasteiger partial charge in [-0.05, 0) is 59.3 Å². The minimum Gasteiger partial charge on any atom is -0.493 e. The summed E-state index contributed by atoms with van der Waals surface area (Å²) in [6, 6.07) is 16.8. The van der Waals surface area contributed by atoms with Crippen molar-refractivity contribution in [2.45, 2.75) is 30.2 Å². The van der Waals surface area contributed by atoms with Crippen LogP contribution in [0.3, 0.4) is 0 Å². The molecule has 0 atom stereocenters. The van der Waals surface area contributed by atoms with Gasteiger partial charge >= 0.3 is 0 Å². The quantitative estimate of drug-likeness (QED) is 0.379. The zero-order valence-corrected chi connectivity index (χ0v) is 19.9. The first kappa shape index (κ1) is 22.9. The van der Waals surface area contributed by atoms with Gasteiger partial charge in [-0.2, -0.15) is 0 Å². The standard InChI is InChI=1S/C25H24N2O4S2/c1-17(2)16-31-20-4-3-5-22(13-20)33(29,30)21-8-6-18(7-9-21)14-27-25(28)23-12-19-10-11-26-15-24(19)32-23/h3-13,15,17H,14,16H2,1-2H3,(H,27,28). The predicted octanol–water partition coefficient (Wildman–Crippen LogP) is 5.09. The number of sulfone groups is 1. The minimum absolute atomic E-state index is 0.175. The van der Waals surface area contributed by atoms with E-state index in [1.54, 1.807) is 60.9 Å². The predicted molar refractivity (Wildman–Crippen MR) is 129 cm³/mol. The maximum Gasteiger partial charge on any atom is 0.261 e. The molecule has 0 saturated carbocycles. The Bertz CT molecular complexity index is 1340. The van der Waals surface area contributed by atoms with Crippen LogP contribution in [0.1, 0.15) is 29.1 Å². The normalized spacial score (nSPS) is 11.6. The van der Waals surface area contributed by atoms with E-state index in [1.165, 1.54) is 11.3 Å². The van der Waals surface area contributed by atoms with Crippen LogP contribution in [-0.4, -0.2) is 25.9 Å². The van der Waals surface area contributed by atoms with Crippen LogP contribution in [0.2, 0.25) is 0 Å². The molecule has 33 heavy (non-hydrogen) atoms. The van der Waals surface area contributed by atoms with Crippen LogP contribution in [0.5, 0.6) is 5.75 Å². The lowest BCUT2D eigenvalue weighted by molar-refractivity contribution is 0.0955. The summed E-state index contributed by atoms with van der Waals surface area (Å²) in [4.78, 5) is 17.6. The third kappa shape index (κ3) is 5.40. The van der Waals surface area contributed by atoms with E-state index in [0.717, 1.165) is 15.6 Å².